The molecular formula is C12H21Cl. The highest BCUT2D eigenvalue weighted by Gasteiger charge is 1.99. The summed E-state index contributed by atoms with van der Waals surface area (Å²) in [5, 5.41) is 0. The number of allylic oxidation sites excluding steroid dienone is 4. The molecule has 0 aliphatic heterocycles. The lowest BCUT2D eigenvalue weighted by molar-refractivity contribution is 0.813. The van der Waals surface area contributed by atoms with Crippen molar-refractivity contribution >= 4 is 11.6 Å². The fourth-order valence-electron chi connectivity index (χ4n) is 1.23. The lowest BCUT2D eigenvalue weighted by Gasteiger charge is -2.06. The van der Waals surface area contributed by atoms with Gasteiger partial charge in [0.05, 0.1) is 0 Å². The zero-order valence-electron chi connectivity index (χ0n) is 9.39. The van der Waals surface area contributed by atoms with Crippen LogP contribution in [0.4, 0.5) is 0 Å². The van der Waals surface area contributed by atoms with Gasteiger partial charge in [0, 0.05) is 5.88 Å². The summed E-state index contributed by atoms with van der Waals surface area (Å²) in [6.45, 7) is 10.8. The van der Waals surface area contributed by atoms with Gasteiger partial charge >= 0.3 is 0 Å². The highest BCUT2D eigenvalue weighted by Crippen LogP contribution is 2.14. The van der Waals surface area contributed by atoms with Crippen molar-refractivity contribution in [3.63, 3.8) is 0 Å². The average molecular weight is 201 g/mol. The van der Waals surface area contributed by atoms with Crippen molar-refractivity contribution in [1.29, 1.82) is 0 Å². The predicted octanol–water partition coefficient (Wildman–Crippen LogP) is 4.41. The van der Waals surface area contributed by atoms with Crippen LogP contribution < -0.4 is 0 Å². The van der Waals surface area contributed by atoms with E-state index in [4.69, 9.17) is 11.6 Å². The molecule has 1 unspecified atom stereocenters. The SMILES string of the molecule is CC(=CC(C)C)C(C)=CC(C)CCl. The lowest BCUT2D eigenvalue weighted by atomic mass is 10.0. The molecule has 0 bridgehead atoms. The molecule has 0 N–H and O–H groups in total. The maximum absolute atomic E-state index is 5.74. The van der Waals surface area contributed by atoms with Gasteiger partial charge in [0.25, 0.3) is 0 Å². The van der Waals surface area contributed by atoms with Crippen molar-refractivity contribution in [3.8, 4) is 0 Å². The molecule has 0 aromatic heterocycles. The van der Waals surface area contributed by atoms with E-state index in [0.717, 1.165) is 0 Å². The van der Waals surface area contributed by atoms with Crippen LogP contribution in [0.5, 0.6) is 0 Å². The molecule has 0 nitrogen and oxygen atoms in total. The van der Waals surface area contributed by atoms with Crippen LogP contribution in [0.25, 0.3) is 0 Å². The lowest BCUT2D eigenvalue weighted by Crippen LogP contribution is -1.93. The maximum atomic E-state index is 5.74. The Labute approximate surface area is 87.7 Å². The first kappa shape index (κ1) is 12.8. The first-order valence-corrected chi connectivity index (χ1v) is 5.44. The summed E-state index contributed by atoms with van der Waals surface area (Å²) in [6, 6.07) is 0. The Hall–Kier alpha value is -0.230. The average Bonchev–Trinajstić information content (AvgIpc) is 2.02. The molecule has 13 heavy (non-hydrogen) atoms. The molecule has 0 rings (SSSR count). The fourth-order valence-corrected chi connectivity index (χ4v) is 1.32. The second kappa shape index (κ2) is 6.26. The predicted molar refractivity (Wildman–Crippen MR) is 62.2 cm³/mol. The van der Waals surface area contributed by atoms with E-state index in [1.807, 2.05) is 0 Å². The van der Waals surface area contributed by atoms with Crippen molar-refractivity contribution in [2.75, 3.05) is 5.88 Å². The van der Waals surface area contributed by atoms with Gasteiger partial charge in [0.15, 0.2) is 0 Å². The molecule has 0 aromatic rings. The summed E-state index contributed by atoms with van der Waals surface area (Å²) in [6.07, 6.45) is 4.52. The van der Waals surface area contributed by atoms with Gasteiger partial charge in [-0.15, -0.1) is 11.6 Å². The summed E-state index contributed by atoms with van der Waals surface area (Å²) in [5.41, 5.74) is 2.72. The van der Waals surface area contributed by atoms with Crippen LogP contribution in [-0.2, 0) is 0 Å². The van der Waals surface area contributed by atoms with Crippen LogP contribution in [0, 0.1) is 11.8 Å². The Morgan fingerprint density at radius 1 is 1.08 bits per heavy atom. The number of hydrogen-bond acceptors (Lipinski definition) is 0. The molecule has 1 heteroatoms. The van der Waals surface area contributed by atoms with Crippen LogP contribution in [0.1, 0.15) is 34.6 Å². The van der Waals surface area contributed by atoms with Crippen molar-refractivity contribution in [1.82, 2.24) is 0 Å². The fraction of sp³-hybridized carbons (Fsp3) is 0.667. The maximum Gasteiger partial charge on any atom is 0.0283 e. The Kier molecular flexibility index (Phi) is 6.15. The van der Waals surface area contributed by atoms with Gasteiger partial charge in [0.1, 0.15) is 0 Å². The summed E-state index contributed by atoms with van der Waals surface area (Å²) in [5.74, 6) is 1.79. The van der Waals surface area contributed by atoms with Gasteiger partial charge in [-0.3, -0.25) is 0 Å². The van der Waals surface area contributed by atoms with E-state index >= 15 is 0 Å². The number of hydrogen-bond donors (Lipinski definition) is 0. The molecule has 0 saturated heterocycles. The molecule has 0 amide bonds. The molecule has 0 saturated carbocycles. The zero-order valence-corrected chi connectivity index (χ0v) is 10.2. The van der Waals surface area contributed by atoms with Gasteiger partial charge in [-0.2, -0.15) is 0 Å². The number of halogens is 1. The van der Waals surface area contributed by atoms with Crippen LogP contribution in [0.15, 0.2) is 23.3 Å². The number of rotatable bonds is 4. The summed E-state index contributed by atoms with van der Waals surface area (Å²) < 4.78 is 0. The minimum atomic E-state index is 0.470. The molecule has 0 heterocycles. The molecule has 1 atom stereocenters. The zero-order chi connectivity index (χ0) is 10.4. The van der Waals surface area contributed by atoms with E-state index in [0.29, 0.717) is 17.7 Å². The first-order chi connectivity index (χ1) is 5.97. The largest absolute Gasteiger partial charge is 0.126 e. The van der Waals surface area contributed by atoms with Crippen molar-refractivity contribution in [3.05, 3.63) is 23.3 Å². The highest BCUT2D eigenvalue weighted by atomic mass is 35.5. The normalized spacial score (nSPS) is 16.5. The van der Waals surface area contributed by atoms with Crippen molar-refractivity contribution < 1.29 is 0 Å². The monoisotopic (exact) mass is 200 g/mol. The molecule has 0 aromatic carbocycles. The molecule has 76 valence electrons. The Balaban J connectivity index is 4.40. The highest BCUT2D eigenvalue weighted by molar-refractivity contribution is 6.18. The number of alkyl halides is 1. The standard InChI is InChI=1S/C12H21Cl/c1-9(2)6-11(4)12(5)7-10(3)8-13/h6-7,9-10H,8H2,1-5H3. The van der Waals surface area contributed by atoms with Crippen LogP contribution in [0.3, 0.4) is 0 Å². The minimum Gasteiger partial charge on any atom is -0.126 e. The van der Waals surface area contributed by atoms with Gasteiger partial charge in [0.2, 0.25) is 0 Å². The topological polar surface area (TPSA) is 0 Å². The molecule has 0 aliphatic carbocycles. The first-order valence-electron chi connectivity index (χ1n) is 4.90. The van der Waals surface area contributed by atoms with Gasteiger partial charge in [-0.05, 0) is 25.7 Å². The van der Waals surface area contributed by atoms with Gasteiger partial charge < -0.3 is 0 Å². The van der Waals surface area contributed by atoms with Gasteiger partial charge in [-0.25, -0.2) is 0 Å². The molecular weight excluding hydrogens is 180 g/mol. The molecule has 0 fully saturated rings. The van der Waals surface area contributed by atoms with E-state index in [9.17, 15) is 0 Å². The quantitative estimate of drug-likeness (QED) is 0.466. The molecule has 0 spiro atoms. The van der Waals surface area contributed by atoms with E-state index < -0.39 is 0 Å². The Morgan fingerprint density at radius 2 is 1.54 bits per heavy atom. The van der Waals surface area contributed by atoms with Crippen LogP contribution in [-0.4, -0.2) is 5.88 Å². The van der Waals surface area contributed by atoms with Crippen LogP contribution >= 0.6 is 11.6 Å². The van der Waals surface area contributed by atoms with Gasteiger partial charge in [-0.1, -0.05) is 44.1 Å². The second-order valence-electron chi connectivity index (χ2n) is 4.07. The van der Waals surface area contributed by atoms with E-state index in [-0.39, 0.29) is 0 Å². The summed E-state index contributed by atoms with van der Waals surface area (Å²) >= 11 is 5.74. The van der Waals surface area contributed by atoms with Crippen molar-refractivity contribution in [2.24, 2.45) is 11.8 Å². The summed E-state index contributed by atoms with van der Waals surface area (Å²) in [7, 11) is 0. The second-order valence-corrected chi connectivity index (χ2v) is 4.38. The third kappa shape index (κ3) is 5.93. The third-order valence-corrected chi connectivity index (χ3v) is 2.47. The Morgan fingerprint density at radius 3 is 1.92 bits per heavy atom. The molecule has 0 aliphatic rings. The summed E-state index contributed by atoms with van der Waals surface area (Å²) in [4.78, 5) is 0. The van der Waals surface area contributed by atoms with Crippen molar-refractivity contribution in [2.45, 2.75) is 34.6 Å². The third-order valence-electron chi connectivity index (χ3n) is 1.98. The molecule has 0 radical (unpaired) electrons. The Bertz CT molecular complexity index is 199. The van der Waals surface area contributed by atoms with E-state index in [1.165, 1.54) is 11.1 Å². The smallest absolute Gasteiger partial charge is 0.0283 e. The van der Waals surface area contributed by atoms with E-state index in [2.05, 4.69) is 46.8 Å². The minimum absolute atomic E-state index is 0.470. The van der Waals surface area contributed by atoms with Crippen LogP contribution in [0.2, 0.25) is 0 Å². The van der Waals surface area contributed by atoms with E-state index in [1.54, 1.807) is 0 Å².